The molecule has 7 aromatic carbocycles. The maximum absolute atomic E-state index is 5.76. The van der Waals surface area contributed by atoms with Gasteiger partial charge >= 0.3 is 0 Å². The maximum Gasteiger partial charge on any atom is 0.252 e. The Hall–Kier alpha value is -6.46. The van der Waals surface area contributed by atoms with Gasteiger partial charge in [0.05, 0.1) is 22.2 Å². The van der Waals surface area contributed by atoms with Crippen LogP contribution in [0.4, 0.5) is 0 Å². The van der Waals surface area contributed by atoms with Crippen molar-refractivity contribution in [1.29, 1.82) is 0 Å². The Labute approximate surface area is 434 Å². The molecule has 0 spiro atoms. The van der Waals surface area contributed by atoms with E-state index in [1.807, 2.05) is 0 Å². The molecule has 4 nitrogen and oxygen atoms in total. The number of nitrogens with zero attached hydrogens (tertiary/aromatic N) is 4. The van der Waals surface area contributed by atoms with E-state index in [0.717, 1.165) is 33.5 Å². The summed E-state index contributed by atoms with van der Waals surface area (Å²) in [5.41, 5.74) is 23.4. The molecule has 2 aliphatic rings. The summed E-state index contributed by atoms with van der Waals surface area (Å²) in [6.07, 6.45) is 0. The maximum atomic E-state index is 5.76. The van der Waals surface area contributed by atoms with E-state index in [-0.39, 0.29) is 39.2 Å². The van der Waals surface area contributed by atoms with Gasteiger partial charge < -0.3 is 9.13 Å². The molecule has 368 valence electrons. The van der Waals surface area contributed by atoms with E-state index in [1.54, 1.807) is 0 Å². The molecule has 5 heterocycles. The average molecular weight is 957 g/mol. The molecular formula is C68H73BN4. The highest BCUT2D eigenvalue weighted by Crippen LogP contribution is 2.45. The second-order valence-electron chi connectivity index (χ2n) is 28.1. The third-order valence-electron chi connectivity index (χ3n) is 16.6. The molecule has 0 N–H and O–H groups in total. The topological polar surface area (TPSA) is 35.6 Å². The van der Waals surface area contributed by atoms with Gasteiger partial charge in [0.1, 0.15) is 0 Å². The number of hydrogen-bond acceptors (Lipinski definition) is 2. The Bertz CT molecular complexity index is 3810. The van der Waals surface area contributed by atoms with Crippen LogP contribution in [0, 0.1) is 0 Å². The number of hydrogen-bond donors (Lipinski definition) is 0. The predicted octanol–water partition coefficient (Wildman–Crippen LogP) is 16.1. The van der Waals surface area contributed by atoms with Crippen molar-refractivity contribution in [3.05, 3.63) is 149 Å². The first-order chi connectivity index (χ1) is 34.0. The van der Waals surface area contributed by atoms with E-state index in [0.29, 0.717) is 0 Å². The zero-order chi connectivity index (χ0) is 52.0. The number of fused-ring (bicyclic) bond motifs is 11. The van der Waals surface area contributed by atoms with Crippen molar-refractivity contribution >= 4 is 77.6 Å². The zero-order valence-corrected chi connectivity index (χ0v) is 46.8. The Balaban J connectivity index is 1.27. The molecule has 0 unspecified atom stereocenters. The summed E-state index contributed by atoms with van der Waals surface area (Å²) in [5, 5.41) is 6.31. The van der Waals surface area contributed by atoms with Gasteiger partial charge in [-0.1, -0.05) is 173 Å². The molecule has 0 saturated carbocycles. The Morgan fingerprint density at radius 1 is 0.356 bits per heavy atom. The van der Waals surface area contributed by atoms with Gasteiger partial charge in [0, 0.05) is 60.5 Å². The van der Waals surface area contributed by atoms with Crippen molar-refractivity contribution in [3.63, 3.8) is 0 Å². The SMILES string of the molecule is CC(C)(C)c1cc(-c2nc(-c3cc4c5c(c3)-n3c6ccc(C(C)(C)C)cc6c6cc(C(C)(C)C)cc(c63)B5c3cc(C(C)(C)C)cc5c6cc(C(C)(C)C)ccc6n-4c35)nc3ccccc23)cc(C(C)(C)C)c1. The summed E-state index contributed by atoms with van der Waals surface area (Å²) in [7, 11) is 0. The third-order valence-corrected chi connectivity index (χ3v) is 16.6. The highest BCUT2D eigenvalue weighted by molar-refractivity contribution is 7.00. The van der Waals surface area contributed by atoms with Gasteiger partial charge in [0.15, 0.2) is 5.82 Å². The van der Waals surface area contributed by atoms with Crippen molar-refractivity contribution in [2.45, 2.75) is 157 Å². The minimum Gasteiger partial charge on any atom is -0.310 e. The van der Waals surface area contributed by atoms with Crippen LogP contribution in [0.15, 0.2) is 115 Å². The Morgan fingerprint density at radius 3 is 1.21 bits per heavy atom. The molecule has 0 saturated heterocycles. The first-order valence-corrected chi connectivity index (χ1v) is 26.9. The van der Waals surface area contributed by atoms with Crippen LogP contribution in [0.1, 0.15) is 158 Å². The molecule has 0 radical (unpaired) electrons. The lowest BCUT2D eigenvalue weighted by atomic mass is 9.34. The van der Waals surface area contributed by atoms with Crippen LogP contribution in [-0.4, -0.2) is 25.8 Å². The van der Waals surface area contributed by atoms with Crippen molar-refractivity contribution < 1.29 is 0 Å². The van der Waals surface area contributed by atoms with E-state index in [2.05, 4.69) is 249 Å². The van der Waals surface area contributed by atoms with Crippen LogP contribution in [0.25, 0.3) is 88.5 Å². The second kappa shape index (κ2) is 15.1. The molecule has 0 aliphatic carbocycles. The van der Waals surface area contributed by atoms with Crippen molar-refractivity contribution in [1.82, 2.24) is 19.1 Å². The van der Waals surface area contributed by atoms with Gasteiger partial charge in [-0.05, 0) is 149 Å². The van der Waals surface area contributed by atoms with Gasteiger partial charge in [0.25, 0.3) is 6.71 Å². The lowest BCUT2D eigenvalue weighted by Gasteiger charge is -2.35. The smallest absolute Gasteiger partial charge is 0.252 e. The number of rotatable bonds is 2. The highest BCUT2D eigenvalue weighted by Gasteiger charge is 2.43. The van der Waals surface area contributed by atoms with E-state index < -0.39 is 0 Å². The van der Waals surface area contributed by atoms with E-state index in [4.69, 9.17) is 9.97 Å². The molecular weight excluding hydrogens is 884 g/mol. The minimum absolute atomic E-state index is 0.0153. The largest absolute Gasteiger partial charge is 0.310 e. The van der Waals surface area contributed by atoms with Crippen LogP contribution >= 0.6 is 0 Å². The fraction of sp³-hybridized carbons (Fsp3) is 0.353. The monoisotopic (exact) mass is 957 g/mol. The Morgan fingerprint density at radius 2 is 0.767 bits per heavy atom. The average Bonchev–Trinajstić information content (AvgIpc) is 3.82. The van der Waals surface area contributed by atoms with Crippen molar-refractivity contribution in [2.24, 2.45) is 0 Å². The standard InChI is InChI=1S/C68H73BN4/c1-63(2,3)40-23-25-54-47(32-40)49-34-44(67(13,14)15)36-51-60(49)72(54)56-29-39(62-70-53-22-20-19-21-46(53)59(71-62)38-27-42(65(7,8)9)31-43(28-38)66(10,11)12)30-57-58(56)69(51)52-37-45(68(16,17)18)35-50-48-33-41(64(4,5)6)24-26-55(48)73(57)61(50)52/h19-37H,1-18H3. The predicted molar refractivity (Wildman–Crippen MR) is 316 cm³/mol. The van der Waals surface area contributed by atoms with E-state index >= 15 is 0 Å². The molecule has 12 rings (SSSR count). The lowest BCUT2D eigenvalue weighted by Crippen LogP contribution is -2.59. The summed E-state index contributed by atoms with van der Waals surface area (Å²) < 4.78 is 5.25. The molecule has 2 aliphatic heterocycles. The minimum atomic E-state index is -0.0750. The quantitative estimate of drug-likeness (QED) is 0.162. The van der Waals surface area contributed by atoms with Gasteiger partial charge in [-0.15, -0.1) is 0 Å². The van der Waals surface area contributed by atoms with Crippen molar-refractivity contribution in [3.8, 4) is 34.0 Å². The number of para-hydroxylation sites is 1. The highest BCUT2D eigenvalue weighted by atomic mass is 15.0. The third kappa shape index (κ3) is 7.29. The summed E-state index contributed by atoms with van der Waals surface area (Å²) in [5.74, 6) is 0.732. The summed E-state index contributed by atoms with van der Waals surface area (Å²) in [6, 6.07) is 45.4. The molecule has 73 heavy (non-hydrogen) atoms. The summed E-state index contributed by atoms with van der Waals surface area (Å²) in [4.78, 5) is 11.3. The van der Waals surface area contributed by atoms with Gasteiger partial charge in [-0.3, -0.25) is 0 Å². The van der Waals surface area contributed by atoms with Crippen LogP contribution in [0.3, 0.4) is 0 Å². The number of aromatic nitrogens is 4. The molecule has 10 aromatic rings. The normalized spacial score (nSPS) is 14.1. The molecule has 0 bridgehead atoms. The number of benzene rings is 7. The summed E-state index contributed by atoms with van der Waals surface area (Å²) in [6.45, 7) is 42.1. The fourth-order valence-electron chi connectivity index (χ4n) is 12.1. The van der Waals surface area contributed by atoms with Gasteiger partial charge in [-0.2, -0.15) is 0 Å². The molecule has 0 atom stereocenters. The molecule has 0 fully saturated rings. The molecule has 5 heteroatoms. The van der Waals surface area contributed by atoms with Crippen LogP contribution in [0.5, 0.6) is 0 Å². The second-order valence-corrected chi connectivity index (χ2v) is 28.1. The first-order valence-electron chi connectivity index (χ1n) is 26.9. The molecule has 0 amide bonds. The lowest BCUT2D eigenvalue weighted by molar-refractivity contribution is 0.569. The van der Waals surface area contributed by atoms with Gasteiger partial charge in [-0.25, -0.2) is 9.97 Å². The van der Waals surface area contributed by atoms with Crippen LogP contribution in [0.2, 0.25) is 0 Å². The summed E-state index contributed by atoms with van der Waals surface area (Å²) >= 11 is 0. The van der Waals surface area contributed by atoms with Crippen LogP contribution < -0.4 is 16.4 Å². The van der Waals surface area contributed by atoms with Gasteiger partial charge in [0.2, 0.25) is 0 Å². The van der Waals surface area contributed by atoms with Crippen molar-refractivity contribution in [2.75, 3.05) is 0 Å². The molecule has 3 aromatic heterocycles. The van der Waals surface area contributed by atoms with Crippen LogP contribution in [-0.2, 0) is 32.5 Å². The Kier molecular flexibility index (Phi) is 9.82. The van der Waals surface area contributed by atoms with E-state index in [1.165, 1.54) is 105 Å². The fourth-order valence-corrected chi connectivity index (χ4v) is 12.1. The van der Waals surface area contributed by atoms with E-state index in [9.17, 15) is 0 Å². The first kappa shape index (κ1) is 47.5. The zero-order valence-electron chi connectivity index (χ0n) is 46.8.